The van der Waals surface area contributed by atoms with E-state index >= 15 is 0 Å². The molecule has 2 aromatic rings. The number of carbonyl (C=O) groups is 1. The molecule has 0 aliphatic carbocycles. The molecule has 28 heavy (non-hydrogen) atoms. The molecule has 1 saturated heterocycles. The van der Waals surface area contributed by atoms with Crippen molar-refractivity contribution >= 4 is 11.6 Å². The summed E-state index contributed by atoms with van der Waals surface area (Å²) in [4.78, 5) is 27.1. The average Bonchev–Trinajstić information content (AvgIpc) is 3.07. The molecule has 0 atom stereocenters. The Hall–Kier alpha value is -2.94. The third-order valence-electron chi connectivity index (χ3n) is 5.08. The summed E-state index contributed by atoms with van der Waals surface area (Å²) >= 11 is 0. The van der Waals surface area contributed by atoms with Crippen molar-refractivity contribution in [2.75, 3.05) is 33.3 Å². The van der Waals surface area contributed by atoms with Crippen LogP contribution in [0.1, 0.15) is 17.7 Å². The highest BCUT2D eigenvalue weighted by molar-refractivity contribution is 5.76. The normalized spacial score (nSPS) is 14.9. The van der Waals surface area contributed by atoms with E-state index < -0.39 is 4.92 Å². The van der Waals surface area contributed by atoms with Crippen LogP contribution in [0.25, 0.3) is 0 Å². The average molecular weight is 387 g/mol. The third-order valence-corrected chi connectivity index (χ3v) is 5.08. The van der Waals surface area contributed by atoms with Gasteiger partial charge >= 0.3 is 5.69 Å². The van der Waals surface area contributed by atoms with Gasteiger partial charge in [-0.1, -0.05) is 12.1 Å². The summed E-state index contributed by atoms with van der Waals surface area (Å²) in [6.07, 6.45) is 1.52. The van der Waals surface area contributed by atoms with Gasteiger partial charge < -0.3 is 9.64 Å². The maximum Gasteiger partial charge on any atom is 0.309 e. The van der Waals surface area contributed by atoms with Crippen molar-refractivity contribution in [2.45, 2.75) is 26.4 Å². The predicted octanol–water partition coefficient (Wildman–Crippen LogP) is 1.84. The van der Waals surface area contributed by atoms with E-state index in [4.69, 9.17) is 4.74 Å². The van der Waals surface area contributed by atoms with Crippen molar-refractivity contribution in [1.82, 2.24) is 19.6 Å². The number of hydrogen-bond donors (Lipinski definition) is 0. The van der Waals surface area contributed by atoms with E-state index in [1.54, 1.807) is 14.0 Å². The van der Waals surface area contributed by atoms with E-state index in [1.165, 1.54) is 16.4 Å². The van der Waals surface area contributed by atoms with E-state index in [1.807, 2.05) is 23.1 Å². The number of hydrogen-bond acceptors (Lipinski definition) is 6. The molecule has 1 amide bonds. The largest absolute Gasteiger partial charge is 0.497 e. The Morgan fingerprint density at radius 1 is 1.29 bits per heavy atom. The summed E-state index contributed by atoms with van der Waals surface area (Å²) in [5.74, 6) is 0.902. The minimum Gasteiger partial charge on any atom is -0.497 e. The number of aromatic nitrogens is 2. The Bertz CT molecular complexity index is 843. The summed E-state index contributed by atoms with van der Waals surface area (Å²) in [7, 11) is 1.66. The van der Waals surface area contributed by atoms with Gasteiger partial charge in [-0.15, -0.1) is 0 Å². The standard InChI is InChI=1S/C19H25N5O4/c1-15-18(24(26)27)13-20-23(15)7-6-19(25)22-10-8-21(9-11-22)14-16-4-3-5-17(12-16)28-2/h3-5,12-13H,6-11,14H2,1-2H3. The second-order valence-corrected chi connectivity index (χ2v) is 6.85. The highest BCUT2D eigenvalue weighted by Crippen LogP contribution is 2.17. The second kappa shape index (κ2) is 8.83. The van der Waals surface area contributed by atoms with Gasteiger partial charge in [-0.05, 0) is 24.6 Å². The van der Waals surface area contributed by atoms with Gasteiger partial charge in [-0.3, -0.25) is 24.5 Å². The van der Waals surface area contributed by atoms with Crippen LogP contribution in [-0.2, 0) is 17.9 Å². The fraction of sp³-hybridized carbons (Fsp3) is 0.474. The van der Waals surface area contributed by atoms with Gasteiger partial charge in [0.25, 0.3) is 0 Å². The molecular weight excluding hydrogens is 362 g/mol. The molecule has 0 unspecified atom stereocenters. The number of aryl methyl sites for hydroxylation is 1. The Morgan fingerprint density at radius 3 is 2.68 bits per heavy atom. The first-order valence-electron chi connectivity index (χ1n) is 9.28. The molecule has 3 rings (SSSR count). The highest BCUT2D eigenvalue weighted by atomic mass is 16.6. The zero-order valence-corrected chi connectivity index (χ0v) is 16.2. The fourth-order valence-electron chi connectivity index (χ4n) is 3.39. The molecule has 0 bridgehead atoms. The molecule has 1 aliphatic heterocycles. The van der Waals surface area contributed by atoms with Gasteiger partial charge in [0.05, 0.1) is 18.6 Å². The van der Waals surface area contributed by atoms with Crippen LogP contribution in [0.2, 0.25) is 0 Å². The first-order valence-corrected chi connectivity index (χ1v) is 9.28. The van der Waals surface area contributed by atoms with Crippen LogP contribution in [0.15, 0.2) is 30.5 Å². The van der Waals surface area contributed by atoms with Crippen LogP contribution in [0, 0.1) is 17.0 Å². The maximum absolute atomic E-state index is 12.5. The number of nitrogens with zero attached hydrogens (tertiary/aromatic N) is 5. The Labute approximate surface area is 163 Å². The molecule has 9 heteroatoms. The molecule has 0 radical (unpaired) electrons. The molecule has 0 spiro atoms. The van der Waals surface area contributed by atoms with Gasteiger partial charge in [-0.25, -0.2) is 0 Å². The van der Waals surface area contributed by atoms with Crippen molar-refractivity contribution in [1.29, 1.82) is 0 Å². The monoisotopic (exact) mass is 387 g/mol. The van der Waals surface area contributed by atoms with E-state index in [2.05, 4.69) is 16.1 Å². The van der Waals surface area contributed by atoms with E-state index in [-0.39, 0.29) is 18.0 Å². The van der Waals surface area contributed by atoms with E-state index in [0.29, 0.717) is 25.3 Å². The molecule has 2 heterocycles. The van der Waals surface area contributed by atoms with Crippen molar-refractivity contribution < 1.29 is 14.5 Å². The number of benzene rings is 1. The molecule has 1 aromatic heterocycles. The molecule has 1 fully saturated rings. The predicted molar refractivity (Wildman–Crippen MR) is 103 cm³/mol. The smallest absolute Gasteiger partial charge is 0.309 e. The van der Waals surface area contributed by atoms with Gasteiger partial charge in [0.2, 0.25) is 5.91 Å². The van der Waals surface area contributed by atoms with Gasteiger partial charge in [0.1, 0.15) is 17.6 Å². The summed E-state index contributed by atoms with van der Waals surface area (Å²) in [5, 5.41) is 14.9. The van der Waals surface area contributed by atoms with Crippen LogP contribution in [0.5, 0.6) is 5.75 Å². The zero-order chi connectivity index (χ0) is 20.1. The second-order valence-electron chi connectivity index (χ2n) is 6.85. The van der Waals surface area contributed by atoms with Crippen molar-refractivity contribution in [2.24, 2.45) is 0 Å². The molecule has 1 aliphatic rings. The molecule has 0 saturated carbocycles. The lowest BCUT2D eigenvalue weighted by Crippen LogP contribution is -2.48. The molecular formula is C19H25N5O4. The van der Waals surface area contributed by atoms with E-state index in [0.717, 1.165) is 25.4 Å². The number of methoxy groups -OCH3 is 1. The van der Waals surface area contributed by atoms with Gasteiger partial charge in [-0.2, -0.15) is 5.10 Å². The minimum absolute atomic E-state index is 0.0152. The first kappa shape index (κ1) is 19.8. The highest BCUT2D eigenvalue weighted by Gasteiger charge is 2.22. The zero-order valence-electron chi connectivity index (χ0n) is 16.2. The number of amides is 1. The van der Waals surface area contributed by atoms with Gasteiger partial charge in [0.15, 0.2) is 0 Å². The fourth-order valence-corrected chi connectivity index (χ4v) is 3.39. The molecule has 1 aromatic carbocycles. The van der Waals surface area contributed by atoms with Crippen LogP contribution in [0.3, 0.4) is 0 Å². The molecule has 150 valence electrons. The SMILES string of the molecule is COc1cccc(CN2CCN(C(=O)CCn3ncc([N+](=O)[O-])c3C)CC2)c1. The van der Waals surface area contributed by atoms with Crippen LogP contribution in [0.4, 0.5) is 5.69 Å². The number of piperazine rings is 1. The number of nitro groups is 1. The third kappa shape index (κ3) is 4.66. The molecule has 9 nitrogen and oxygen atoms in total. The quantitative estimate of drug-likeness (QED) is 0.532. The van der Waals surface area contributed by atoms with Crippen molar-refractivity contribution in [3.8, 4) is 5.75 Å². The number of carbonyl (C=O) groups excluding carboxylic acids is 1. The summed E-state index contributed by atoms with van der Waals surface area (Å²) in [6.45, 7) is 5.82. The number of rotatable bonds is 7. The Balaban J connectivity index is 1.46. The summed E-state index contributed by atoms with van der Waals surface area (Å²) in [5.41, 5.74) is 1.65. The van der Waals surface area contributed by atoms with Gasteiger partial charge in [0, 0.05) is 39.1 Å². The summed E-state index contributed by atoms with van der Waals surface area (Å²) < 4.78 is 6.79. The summed E-state index contributed by atoms with van der Waals surface area (Å²) in [6, 6.07) is 8.01. The lowest BCUT2D eigenvalue weighted by Gasteiger charge is -2.34. The van der Waals surface area contributed by atoms with Crippen LogP contribution in [-0.4, -0.2) is 63.7 Å². The Kier molecular flexibility index (Phi) is 6.25. The first-order chi connectivity index (χ1) is 13.5. The van der Waals surface area contributed by atoms with Crippen molar-refractivity contribution in [3.63, 3.8) is 0 Å². The van der Waals surface area contributed by atoms with Crippen molar-refractivity contribution in [3.05, 3.63) is 51.8 Å². The maximum atomic E-state index is 12.5. The van der Waals surface area contributed by atoms with E-state index in [9.17, 15) is 14.9 Å². The molecule has 0 N–H and O–H groups in total. The van der Waals surface area contributed by atoms with Crippen LogP contribution >= 0.6 is 0 Å². The topological polar surface area (TPSA) is 93.7 Å². The lowest BCUT2D eigenvalue weighted by atomic mass is 10.2. The number of ether oxygens (including phenoxy) is 1. The minimum atomic E-state index is -0.456. The lowest BCUT2D eigenvalue weighted by molar-refractivity contribution is -0.385. The Morgan fingerprint density at radius 2 is 2.04 bits per heavy atom. The van der Waals surface area contributed by atoms with Crippen LogP contribution < -0.4 is 4.74 Å².